The fraction of sp³-hybridized carbons (Fsp3) is 0.533. The Balaban J connectivity index is 1.91. The number of carbonyl (C=O) groups is 1. The molecule has 5 heteroatoms. The molecule has 1 atom stereocenters. The van der Waals surface area contributed by atoms with Gasteiger partial charge in [0.05, 0.1) is 13.2 Å². The Morgan fingerprint density at radius 3 is 2.85 bits per heavy atom. The Bertz CT molecular complexity index is 473. The van der Waals surface area contributed by atoms with Crippen molar-refractivity contribution >= 4 is 21.8 Å². The second-order valence-corrected chi connectivity index (χ2v) is 6.05. The van der Waals surface area contributed by atoms with Crippen molar-refractivity contribution in [2.45, 2.75) is 19.9 Å². The Morgan fingerprint density at radius 2 is 2.15 bits per heavy atom. The average Bonchev–Trinajstić information content (AvgIpc) is 2.42. The molecule has 1 N–H and O–H groups in total. The van der Waals surface area contributed by atoms with Gasteiger partial charge in [-0.25, -0.2) is 0 Å². The van der Waals surface area contributed by atoms with E-state index in [0.717, 1.165) is 48.4 Å². The van der Waals surface area contributed by atoms with Crippen LogP contribution in [0.25, 0.3) is 0 Å². The lowest BCUT2D eigenvalue weighted by Gasteiger charge is -2.29. The van der Waals surface area contributed by atoms with Crippen molar-refractivity contribution in [3.63, 3.8) is 0 Å². The zero-order valence-electron chi connectivity index (χ0n) is 12.0. The quantitative estimate of drug-likeness (QED) is 0.913. The summed E-state index contributed by atoms with van der Waals surface area (Å²) in [4.78, 5) is 14.6. The second-order valence-electron chi connectivity index (χ2n) is 5.20. The summed E-state index contributed by atoms with van der Waals surface area (Å²) in [6, 6.07) is 5.82. The van der Waals surface area contributed by atoms with Gasteiger partial charge in [-0.2, -0.15) is 0 Å². The van der Waals surface area contributed by atoms with Gasteiger partial charge in [0.15, 0.2) is 0 Å². The van der Waals surface area contributed by atoms with Gasteiger partial charge in [-0.15, -0.1) is 0 Å². The third kappa shape index (κ3) is 4.04. The van der Waals surface area contributed by atoms with Crippen molar-refractivity contribution in [2.75, 3.05) is 32.8 Å². The number of hydrogen-bond donors (Lipinski definition) is 1. The molecule has 0 radical (unpaired) electrons. The second kappa shape index (κ2) is 7.20. The molecule has 1 aromatic rings. The lowest BCUT2D eigenvalue weighted by Crippen LogP contribution is -2.46. The van der Waals surface area contributed by atoms with E-state index in [9.17, 15) is 4.79 Å². The highest BCUT2D eigenvalue weighted by atomic mass is 79.9. The van der Waals surface area contributed by atoms with Crippen LogP contribution in [0.5, 0.6) is 0 Å². The zero-order valence-corrected chi connectivity index (χ0v) is 13.6. The highest BCUT2D eigenvalue weighted by Gasteiger charge is 2.17. The first-order valence-electron chi connectivity index (χ1n) is 6.94. The predicted octanol–water partition coefficient (Wildman–Crippen LogP) is 2.21. The highest BCUT2D eigenvalue weighted by Crippen LogP contribution is 2.19. The minimum absolute atomic E-state index is 0.00967. The highest BCUT2D eigenvalue weighted by molar-refractivity contribution is 9.10. The van der Waals surface area contributed by atoms with E-state index in [2.05, 4.69) is 26.1 Å². The Morgan fingerprint density at radius 1 is 1.45 bits per heavy atom. The molecule has 0 aliphatic carbocycles. The van der Waals surface area contributed by atoms with E-state index in [0.29, 0.717) is 0 Å². The summed E-state index contributed by atoms with van der Waals surface area (Å²) < 4.78 is 6.29. The standard InChI is InChI=1S/C15H21BrN2O2/c1-11(10-18-6-8-20-9-7-18)17-15(19)13-4-3-5-14(16)12(13)2/h3-5,11H,6-10H2,1-2H3,(H,17,19). The Labute approximate surface area is 128 Å². The summed E-state index contributed by atoms with van der Waals surface area (Å²) in [5, 5.41) is 3.07. The van der Waals surface area contributed by atoms with Crippen LogP contribution in [0.1, 0.15) is 22.8 Å². The molecule has 20 heavy (non-hydrogen) atoms. The molecule has 1 heterocycles. The maximum absolute atomic E-state index is 12.3. The van der Waals surface area contributed by atoms with E-state index in [1.165, 1.54) is 0 Å². The molecule has 1 saturated heterocycles. The largest absolute Gasteiger partial charge is 0.379 e. The maximum atomic E-state index is 12.3. The average molecular weight is 341 g/mol. The summed E-state index contributed by atoms with van der Waals surface area (Å²) in [6.07, 6.45) is 0. The van der Waals surface area contributed by atoms with Gasteiger partial charge in [0.1, 0.15) is 0 Å². The Hall–Kier alpha value is -0.910. The van der Waals surface area contributed by atoms with E-state index in [4.69, 9.17) is 4.74 Å². The molecule has 0 bridgehead atoms. The number of carbonyl (C=O) groups excluding carboxylic acids is 1. The van der Waals surface area contributed by atoms with Crippen LogP contribution in [0, 0.1) is 6.92 Å². The van der Waals surface area contributed by atoms with Gasteiger partial charge in [0, 0.05) is 35.7 Å². The molecule has 1 unspecified atom stereocenters. The van der Waals surface area contributed by atoms with Gasteiger partial charge < -0.3 is 10.1 Å². The lowest BCUT2D eigenvalue weighted by atomic mass is 10.1. The monoisotopic (exact) mass is 340 g/mol. The normalized spacial score (nSPS) is 17.8. The number of ether oxygens (including phenoxy) is 1. The Kier molecular flexibility index (Phi) is 5.57. The molecule has 110 valence electrons. The first-order valence-corrected chi connectivity index (χ1v) is 7.73. The van der Waals surface area contributed by atoms with Gasteiger partial charge in [-0.1, -0.05) is 22.0 Å². The summed E-state index contributed by atoms with van der Waals surface area (Å²) in [7, 11) is 0. The summed E-state index contributed by atoms with van der Waals surface area (Å²) in [6.45, 7) is 8.30. The molecule has 1 aliphatic rings. The van der Waals surface area contributed by atoms with Crippen LogP contribution in [0.15, 0.2) is 22.7 Å². The van der Waals surface area contributed by atoms with Crippen LogP contribution in [0.2, 0.25) is 0 Å². The number of nitrogens with zero attached hydrogens (tertiary/aromatic N) is 1. The van der Waals surface area contributed by atoms with Gasteiger partial charge in [-0.3, -0.25) is 9.69 Å². The molecule has 0 spiro atoms. The summed E-state index contributed by atoms with van der Waals surface area (Å²) in [5.41, 5.74) is 1.71. The number of benzene rings is 1. The van der Waals surface area contributed by atoms with Crippen molar-refractivity contribution in [3.8, 4) is 0 Å². The summed E-state index contributed by atoms with van der Waals surface area (Å²) >= 11 is 3.46. The maximum Gasteiger partial charge on any atom is 0.251 e. The van der Waals surface area contributed by atoms with Crippen molar-refractivity contribution in [3.05, 3.63) is 33.8 Å². The van der Waals surface area contributed by atoms with Crippen LogP contribution < -0.4 is 5.32 Å². The van der Waals surface area contributed by atoms with Gasteiger partial charge in [0.25, 0.3) is 5.91 Å². The molecule has 1 aliphatic heterocycles. The van der Waals surface area contributed by atoms with E-state index in [1.807, 2.05) is 32.0 Å². The van der Waals surface area contributed by atoms with E-state index < -0.39 is 0 Å². The van der Waals surface area contributed by atoms with Crippen LogP contribution >= 0.6 is 15.9 Å². The van der Waals surface area contributed by atoms with E-state index in [1.54, 1.807) is 0 Å². The molecule has 4 nitrogen and oxygen atoms in total. The third-order valence-electron chi connectivity index (χ3n) is 3.53. The molecular weight excluding hydrogens is 320 g/mol. The van der Waals surface area contributed by atoms with Crippen molar-refractivity contribution in [1.29, 1.82) is 0 Å². The fourth-order valence-electron chi connectivity index (χ4n) is 2.37. The van der Waals surface area contributed by atoms with E-state index >= 15 is 0 Å². The number of rotatable bonds is 4. The number of hydrogen-bond acceptors (Lipinski definition) is 3. The first-order chi connectivity index (χ1) is 9.58. The fourth-order valence-corrected chi connectivity index (χ4v) is 2.74. The van der Waals surface area contributed by atoms with Crippen molar-refractivity contribution in [2.24, 2.45) is 0 Å². The van der Waals surface area contributed by atoms with Crippen molar-refractivity contribution in [1.82, 2.24) is 10.2 Å². The number of halogens is 1. The van der Waals surface area contributed by atoms with Crippen LogP contribution in [-0.2, 0) is 4.74 Å². The van der Waals surface area contributed by atoms with Crippen LogP contribution in [0.4, 0.5) is 0 Å². The SMILES string of the molecule is Cc1c(Br)cccc1C(=O)NC(C)CN1CCOCC1. The molecule has 0 aromatic heterocycles. The molecule has 1 aromatic carbocycles. The first kappa shape index (κ1) is 15.5. The smallest absolute Gasteiger partial charge is 0.251 e. The van der Waals surface area contributed by atoms with Crippen LogP contribution in [0.3, 0.4) is 0 Å². The number of nitrogens with one attached hydrogen (secondary N) is 1. The molecule has 1 amide bonds. The molecule has 0 saturated carbocycles. The molecular formula is C15H21BrN2O2. The lowest BCUT2D eigenvalue weighted by molar-refractivity contribution is 0.0342. The van der Waals surface area contributed by atoms with Gasteiger partial charge in [-0.05, 0) is 31.5 Å². The van der Waals surface area contributed by atoms with Crippen LogP contribution in [-0.4, -0.2) is 49.7 Å². The number of morpholine rings is 1. The minimum Gasteiger partial charge on any atom is -0.379 e. The minimum atomic E-state index is -0.00967. The molecule has 2 rings (SSSR count). The topological polar surface area (TPSA) is 41.6 Å². The number of amides is 1. The van der Waals surface area contributed by atoms with E-state index in [-0.39, 0.29) is 11.9 Å². The predicted molar refractivity (Wildman–Crippen MR) is 83.1 cm³/mol. The third-order valence-corrected chi connectivity index (χ3v) is 4.38. The zero-order chi connectivity index (χ0) is 14.5. The van der Waals surface area contributed by atoms with Crippen molar-refractivity contribution < 1.29 is 9.53 Å². The van der Waals surface area contributed by atoms with Gasteiger partial charge >= 0.3 is 0 Å². The van der Waals surface area contributed by atoms with Gasteiger partial charge in [0.2, 0.25) is 0 Å². The summed E-state index contributed by atoms with van der Waals surface area (Å²) in [5.74, 6) is -0.00967. The molecule has 1 fully saturated rings.